The second-order valence-corrected chi connectivity index (χ2v) is 4.89. The zero-order chi connectivity index (χ0) is 10.3. The average Bonchev–Trinajstić information content (AvgIpc) is 2.93. The van der Waals surface area contributed by atoms with Crippen molar-refractivity contribution in [2.75, 3.05) is 6.54 Å². The van der Waals surface area contributed by atoms with Crippen molar-refractivity contribution in [3.63, 3.8) is 0 Å². The summed E-state index contributed by atoms with van der Waals surface area (Å²) in [5.41, 5.74) is 0.854. The second-order valence-electron chi connectivity index (χ2n) is 3.88. The summed E-state index contributed by atoms with van der Waals surface area (Å²) in [6, 6.07) is 0.620. The van der Waals surface area contributed by atoms with E-state index in [2.05, 4.69) is 15.3 Å². The van der Waals surface area contributed by atoms with Gasteiger partial charge < -0.3 is 5.32 Å². The van der Waals surface area contributed by atoms with Gasteiger partial charge in [-0.3, -0.25) is 4.79 Å². The molecule has 15 heavy (non-hydrogen) atoms. The lowest BCUT2D eigenvalue weighted by atomic mass is 10.2. The maximum Gasteiger partial charge on any atom is 0.267 e. The standard InChI is InChI=1S/C10H11N3OS/c14-10-9-7(3-4-15-9)12-8(13-10)5-11-6-1-2-6/h3-4,6,9,11H,1-2,5H2. The Morgan fingerprint density at radius 1 is 1.47 bits per heavy atom. The Morgan fingerprint density at radius 3 is 3.13 bits per heavy atom. The summed E-state index contributed by atoms with van der Waals surface area (Å²) in [6.45, 7) is 0.616. The number of fused-ring (bicyclic) bond motifs is 1. The number of nitrogens with one attached hydrogen (secondary N) is 1. The lowest BCUT2D eigenvalue weighted by Gasteiger charge is -2.13. The van der Waals surface area contributed by atoms with Crippen molar-refractivity contribution in [3.8, 4) is 0 Å². The summed E-state index contributed by atoms with van der Waals surface area (Å²) in [4.78, 5) is 20.0. The van der Waals surface area contributed by atoms with Gasteiger partial charge in [0.2, 0.25) is 0 Å². The van der Waals surface area contributed by atoms with Gasteiger partial charge in [-0.2, -0.15) is 4.99 Å². The van der Waals surface area contributed by atoms with E-state index < -0.39 is 0 Å². The minimum absolute atomic E-state index is 0.0670. The molecular formula is C10H11N3OS. The van der Waals surface area contributed by atoms with Crippen LogP contribution in [0.3, 0.4) is 0 Å². The summed E-state index contributed by atoms with van der Waals surface area (Å²) in [7, 11) is 0. The van der Waals surface area contributed by atoms with Crippen molar-refractivity contribution in [2.24, 2.45) is 9.98 Å². The second kappa shape index (κ2) is 3.57. The molecule has 0 aromatic rings. The van der Waals surface area contributed by atoms with Crippen molar-refractivity contribution >= 4 is 29.2 Å². The largest absolute Gasteiger partial charge is 0.307 e. The van der Waals surface area contributed by atoms with Crippen LogP contribution in [0.5, 0.6) is 0 Å². The van der Waals surface area contributed by atoms with E-state index in [0.29, 0.717) is 18.4 Å². The molecule has 2 aliphatic heterocycles. The number of rotatable bonds is 3. The molecular weight excluding hydrogens is 210 g/mol. The molecule has 1 unspecified atom stereocenters. The van der Waals surface area contributed by atoms with Gasteiger partial charge in [-0.1, -0.05) is 0 Å². The van der Waals surface area contributed by atoms with Crippen molar-refractivity contribution in [1.29, 1.82) is 0 Å². The first-order chi connectivity index (χ1) is 7.33. The van der Waals surface area contributed by atoms with E-state index in [-0.39, 0.29) is 11.2 Å². The lowest BCUT2D eigenvalue weighted by Crippen LogP contribution is -2.32. The molecule has 4 nitrogen and oxygen atoms in total. The lowest BCUT2D eigenvalue weighted by molar-refractivity contribution is -0.116. The number of thioether (sulfide) groups is 1. The normalized spacial score (nSPS) is 28.8. The first-order valence-electron chi connectivity index (χ1n) is 5.08. The third-order valence-electron chi connectivity index (χ3n) is 2.57. The van der Waals surface area contributed by atoms with Gasteiger partial charge in [0.05, 0.1) is 12.3 Å². The minimum Gasteiger partial charge on any atom is -0.307 e. The van der Waals surface area contributed by atoms with Crippen molar-refractivity contribution < 1.29 is 4.79 Å². The summed E-state index contributed by atoms with van der Waals surface area (Å²) >= 11 is 1.48. The number of aliphatic imine (C=N–C) groups is 2. The van der Waals surface area contributed by atoms with Crippen LogP contribution in [0.15, 0.2) is 21.5 Å². The van der Waals surface area contributed by atoms with E-state index in [9.17, 15) is 4.79 Å². The quantitative estimate of drug-likeness (QED) is 0.765. The highest BCUT2D eigenvalue weighted by Gasteiger charge is 2.30. The average molecular weight is 221 g/mol. The Labute approximate surface area is 91.9 Å². The molecule has 3 aliphatic rings. The maximum absolute atomic E-state index is 11.6. The fraction of sp³-hybridized carbons (Fsp3) is 0.500. The number of carbonyl (C=O) groups excluding carboxylic acids is 1. The van der Waals surface area contributed by atoms with Crippen LogP contribution >= 0.6 is 11.8 Å². The summed E-state index contributed by atoms with van der Waals surface area (Å²) in [5.74, 6) is 0.563. The molecule has 78 valence electrons. The van der Waals surface area contributed by atoms with Crippen LogP contribution in [0.1, 0.15) is 12.8 Å². The van der Waals surface area contributed by atoms with Crippen LogP contribution in [0.25, 0.3) is 0 Å². The van der Waals surface area contributed by atoms with Gasteiger partial charge in [0.1, 0.15) is 11.1 Å². The van der Waals surface area contributed by atoms with E-state index in [1.54, 1.807) is 0 Å². The molecule has 2 heterocycles. The summed E-state index contributed by atoms with van der Waals surface area (Å²) in [5, 5.41) is 5.05. The van der Waals surface area contributed by atoms with Crippen LogP contribution in [0.4, 0.5) is 0 Å². The predicted octanol–water partition coefficient (Wildman–Crippen LogP) is 0.747. The van der Waals surface area contributed by atoms with Gasteiger partial charge in [0.15, 0.2) is 0 Å². The fourth-order valence-corrected chi connectivity index (χ4v) is 2.40. The SMILES string of the molecule is O=C1N=C(CNC2CC2)N=C2C=CSC12. The number of nitrogens with zero attached hydrogens (tertiary/aromatic N) is 2. The molecule has 1 aliphatic carbocycles. The highest BCUT2D eigenvalue weighted by Crippen LogP contribution is 2.26. The van der Waals surface area contributed by atoms with E-state index in [1.165, 1.54) is 24.6 Å². The Bertz CT molecular complexity index is 395. The first-order valence-corrected chi connectivity index (χ1v) is 6.02. The van der Waals surface area contributed by atoms with Crippen molar-refractivity contribution in [3.05, 3.63) is 11.5 Å². The highest BCUT2D eigenvalue weighted by molar-refractivity contribution is 8.04. The third kappa shape index (κ3) is 1.89. The van der Waals surface area contributed by atoms with E-state index in [0.717, 1.165) is 5.71 Å². The van der Waals surface area contributed by atoms with Crippen LogP contribution < -0.4 is 5.32 Å². The Morgan fingerprint density at radius 2 is 2.33 bits per heavy atom. The number of amides is 1. The zero-order valence-corrected chi connectivity index (χ0v) is 8.96. The number of hydrogen-bond acceptors (Lipinski definition) is 4. The fourth-order valence-electron chi connectivity index (χ4n) is 1.59. The highest BCUT2D eigenvalue weighted by atomic mass is 32.2. The van der Waals surface area contributed by atoms with Crippen molar-refractivity contribution in [2.45, 2.75) is 24.1 Å². The molecule has 1 N–H and O–H groups in total. The molecule has 0 saturated heterocycles. The molecule has 5 heteroatoms. The van der Waals surface area contributed by atoms with Crippen molar-refractivity contribution in [1.82, 2.24) is 5.32 Å². The number of carbonyl (C=O) groups is 1. The molecule has 0 aromatic heterocycles. The smallest absolute Gasteiger partial charge is 0.267 e. The topological polar surface area (TPSA) is 53.8 Å². The Balaban J connectivity index is 1.72. The third-order valence-corrected chi connectivity index (χ3v) is 3.58. The first kappa shape index (κ1) is 9.30. The summed E-state index contributed by atoms with van der Waals surface area (Å²) < 4.78 is 0. The maximum atomic E-state index is 11.6. The van der Waals surface area contributed by atoms with E-state index >= 15 is 0 Å². The minimum atomic E-state index is -0.172. The van der Waals surface area contributed by atoms with E-state index in [1.807, 2.05) is 11.5 Å². The van der Waals surface area contributed by atoms with Crippen LogP contribution in [0.2, 0.25) is 0 Å². The Hall–Kier alpha value is -0.940. The van der Waals surface area contributed by atoms with Crippen LogP contribution in [-0.4, -0.2) is 35.3 Å². The molecule has 1 amide bonds. The molecule has 0 bridgehead atoms. The van der Waals surface area contributed by atoms with Gasteiger partial charge in [0, 0.05) is 6.04 Å². The molecule has 3 rings (SSSR count). The van der Waals surface area contributed by atoms with Crippen LogP contribution in [-0.2, 0) is 4.79 Å². The molecule has 0 radical (unpaired) electrons. The molecule has 1 fully saturated rings. The molecule has 1 saturated carbocycles. The number of hydrogen-bond donors (Lipinski definition) is 1. The Kier molecular flexibility index (Phi) is 2.21. The molecule has 1 atom stereocenters. The summed E-state index contributed by atoms with van der Waals surface area (Å²) in [6.07, 6.45) is 4.37. The number of amidine groups is 1. The van der Waals surface area contributed by atoms with Gasteiger partial charge >= 0.3 is 0 Å². The zero-order valence-electron chi connectivity index (χ0n) is 8.14. The van der Waals surface area contributed by atoms with Gasteiger partial charge in [0.25, 0.3) is 5.91 Å². The van der Waals surface area contributed by atoms with Gasteiger partial charge in [-0.25, -0.2) is 4.99 Å². The van der Waals surface area contributed by atoms with Gasteiger partial charge in [-0.15, -0.1) is 11.8 Å². The van der Waals surface area contributed by atoms with E-state index in [4.69, 9.17) is 0 Å². The van der Waals surface area contributed by atoms with Crippen LogP contribution in [0, 0.1) is 0 Å². The van der Waals surface area contributed by atoms with Gasteiger partial charge in [-0.05, 0) is 24.3 Å². The predicted molar refractivity (Wildman–Crippen MR) is 61.4 cm³/mol. The monoisotopic (exact) mass is 221 g/mol. The number of allylic oxidation sites excluding steroid dienone is 1. The molecule has 0 aromatic carbocycles. The molecule has 0 spiro atoms.